The second kappa shape index (κ2) is 6.51. The van der Waals surface area contributed by atoms with Gasteiger partial charge in [-0.25, -0.2) is 4.39 Å². The summed E-state index contributed by atoms with van der Waals surface area (Å²) in [5.41, 5.74) is 6.57. The van der Waals surface area contributed by atoms with E-state index in [1.165, 1.54) is 18.2 Å². The lowest BCUT2D eigenvalue weighted by molar-refractivity contribution is 0.102. The Balaban J connectivity index is 2.38. The molecule has 0 fully saturated rings. The molecule has 0 bridgehead atoms. The summed E-state index contributed by atoms with van der Waals surface area (Å²) in [5, 5.41) is 2.40. The summed E-state index contributed by atoms with van der Waals surface area (Å²) in [4.78, 5) is 12.4. The zero-order valence-corrected chi connectivity index (χ0v) is 13.7. The minimum Gasteiger partial charge on any atom is -0.389 e. The number of halogens is 3. The second-order valence-electron chi connectivity index (χ2n) is 4.11. The Kier molecular flexibility index (Phi) is 4.92. The molecule has 2 rings (SSSR count). The van der Waals surface area contributed by atoms with Crippen molar-refractivity contribution >= 4 is 56.3 Å². The molecule has 2 aromatic carbocycles. The average Bonchev–Trinajstić information content (AvgIpc) is 2.41. The molecule has 7 heteroatoms. The molecular formula is C14H9BrClFN2OS. The Morgan fingerprint density at radius 3 is 2.67 bits per heavy atom. The molecule has 108 valence electrons. The lowest BCUT2D eigenvalue weighted by Crippen LogP contribution is -2.18. The molecule has 0 spiro atoms. The molecule has 0 unspecified atom stereocenters. The minimum atomic E-state index is -0.659. The molecule has 0 heterocycles. The summed E-state index contributed by atoms with van der Waals surface area (Å²) < 4.78 is 14.1. The summed E-state index contributed by atoms with van der Waals surface area (Å²) >= 11 is 14.0. The van der Waals surface area contributed by atoms with E-state index in [9.17, 15) is 9.18 Å². The van der Waals surface area contributed by atoms with Gasteiger partial charge in [-0.2, -0.15) is 0 Å². The number of rotatable bonds is 3. The number of hydrogen-bond acceptors (Lipinski definition) is 2. The van der Waals surface area contributed by atoms with E-state index in [2.05, 4.69) is 21.2 Å². The third-order valence-corrected chi connectivity index (χ3v) is 3.79. The molecule has 2 aromatic rings. The smallest absolute Gasteiger partial charge is 0.257 e. The number of anilines is 1. The van der Waals surface area contributed by atoms with Gasteiger partial charge in [-0.1, -0.05) is 45.8 Å². The van der Waals surface area contributed by atoms with Gasteiger partial charge in [0.1, 0.15) is 10.8 Å². The molecule has 0 aliphatic carbocycles. The summed E-state index contributed by atoms with van der Waals surface area (Å²) in [7, 11) is 0. The number of thiocarbonyl (C=S) groups is 1. The Morgan fingerprint density at radius 2 is 2.00 bits per heavy atom. The van der Waals surface area contributed by atoms with Gasteiger partial charge in [-0.05, 0) is 30.3 Å². The summed E-state index contributed by atoms with van der Waals surface area (Å²) in [6.07, 6.45) is 0. The predicted octanol–water partition coefficient (Wildman–Crippen LogP) is 4.13. The van der Waals surface area contributed by atoms with Crippen molar-refractivity contribution in [2.24, 2.45) is 5.73 Å². The molecule has 21 heavy (non-hydrogen) atoms. The fourth-order valence-electron chi connectivity index (χ4n) is 1.70. The first-order valence-corrected chi connectivity index (χ1v) is 7.33. The summed E-state index contributed by atoms with van der Waals surface area (Å²) in [5.74, 6) is -1.21. The van der Waals surface area contributed by atoms with Gasteiger partial charge in [0.05, 0.1) is 16.3 Å². The van der Waals surface area contributed by atoms with E-state index in [-0.39, 0.29) is 15.6 Å². The number of nitrogens with two attached hydrogens (primary N) is 1. The van der Waals surface area contributed by atoms with Gasteiger partial charge < -0.3 is 11.1 Å². The van der Waals surface area contributed by atoms with Crippen LogP contribution in [0.2, 0.25) is 5.02 Å². The first-order chi connectivity index (χ1) is 9.90. The number of nitrogens with one attached hydrogen (secondary N) is 1. The van der Waals surface area contributed by atoms with Crippen molar-refractivity contribution in [1.82, 2.24) is 0 Å². The van der Waals surface area contributed by atoms with E-state index in [1.54, 1.807) is 18.2 Å². The zero-order valence-electron chi connectivity index (χ0n) is 10.5. The molecule has 0 saturated heterocycles. The monoisotopic (exact) mass is 386 g/mol. The Morgan fingerprint density at radius 1 is 1.29 bits per heavy atom. The minimum absolute atomic E-state index is 0.0329. The van der Waals surface area contributed by atoms with Gasteiger partial charge in [0.25, 0.3) is 5.91 Å². The summed E-state index contributed by atoms with van der Waals surface area (Å²) in [6.45, 7) is 0. The van der Waals surface area contributed by atoms with Crippen LogP contribution in [0.1, 0.15) is 15.9 Å². The average molecular weight is 388 g/mol. The number of carbonyl (C=O) groups is 1. The van der Waals surface area contributed by atoms with Crippen LogP contribution in [0.25, 0.3) is 0 Å². The highest BCUT2D eigenvalue weighted by Gasteiger charge is 2.15. The second-order valence-corrected chi connectivity index (χ2v) is 5.84. The largest absolute Gasteiger partial charge is 0.389 e. The predicted molar refractivity (Wildman–Crippen MR) is 89.4 cm³/mol. The molecule has 0 aliphatic rings. The highest BCUT2D eigenvalue weighted by molar-refractivity contribution is 9.10. The van der Waals surface area contributed by atoms with Crippen LogP contribution in [0, 0.1) is 5.82 Å². The lowest BCUT2D eigenvalue weighted by Gasteiger charge is -2.11. The maximum atomic E-state index is 13.4. The van der Waals surface area contributed by atoms with Crippen LogP contribution < -0.4 is 11.1 Å². The first kappa shape index (κ1) is 15.9. The molecule has 3 nitrogen and oxygen atoms in total. The third-order valence-electron chi connectivity index (χ3n) is 2.69. The quantitative estimate of drug-likeness (QED) is 0.779. The Labute approximate surface area is 139 Å². The molecule has 0 aromatic heterocycles. The van der Waals surface area contributed by atoms with E-state index in [0.29, 0.717) is 11.3 Å². The van der Waals surface area contributed by atoms with Crippen molar-refractivity contribution < 1.29 is 9.18 Å². The molecule has 3 N–H and O–H groups in total. The van der Waals surface area contributed by atoms with Crippen molar-refractivity contribution in [3.05, 3.63) is 62.8 Å². The topological polar surface area (TPSA) is 55.1 Å². The number of hydrogen-bond donors (Lipinski definition) is 2. The maximum Gasteiger partial charge on any atom is 0.257 e. The molecule has 0 atom stereocenters. The Bertz CT molecular complexity index is 739. The van der Waals surface area contributed by atoms with Crippen LogP contribution >= 0.6 is 39.7 Å². The van der Waals surface area contributed by atoms with Gasteiger partial charge >= 0.3 is 0 Å². The van der Waals surface area contributed by atoms with E-state index < -0.39 is 11.7 Å². The van der Waals surface area contributed by atoms with Crippen molar-refractivity contribution in [3.8, 4) is 0 Å². The van der Waals surface area contributed by atoms with Crippen molar-refractivity contribution in [1.29, 1.82) is 0 Å². The van der Waals surface area contributed by atoms with E-state index in [0.717, 1.165) is 4.47 Å². The highest BCUT2D eigenvalue weighted by Crippen LogP contribution is 2.24. The van der Waals surface area contributed by atoms with Crippen LogP contribution in [0.4, 0.5) is 10.1 Å². The third kappa shape index (κ3) is 3.58. The van der Waals surface area contributed by atoms with Crippen molar-refractivity contribution in [2.75, 3.05) is 5.32 Å². The molecular weight excluding hydrogens is 379 g/mol. The maximum absolute atomic E-state index is 13.4. The normalized spacial score (nSPS) is 10.2. The zero-order chi connectivity index (χ0) is 15.6. The Hall–Kier alpha value is -1.50. The van der Waals surface area contributed by atoms with Crippen molar-refractivity contribution in [2.45, 2.75) is 0 Å². The van der Waals surface area contributed by atoms with Crippen LogP contribution in [0.5, 0.6) is 0 Å². The van der Waals surface area contributed by atoms with Gasteiger partial charge in [0, 0.05) is 10.0 Å². The molecule has 1 amide bonds. The fourth-order valence-corrected chi connectivity index (χ4v) is 2.45. The summed E-state index contributed by atoms with van der Waals surface area (Å²) in [6, 6.07) is 9.09. The van der Waals surface area contributed by atoms with E-state index in [1.807, 2.05) is 0 Å². The molecule has 0 radical (unpaired) electrons. The van der Waals surface area contributed by atoms with Crippen molar-refractivity contribution in [3.63, 3.8) is 0 Å². The van der Waals surface area contributed by atoms with Gasteiger partial charge in [0.2, 0.25) is 0 Å². The van der Waals surface area contributed by atoms with Gasteiger partial charge in [0.15, 0.2) is 0 Å². The van der Waals surface area contributed by atoms with Gasteiger partial charge in [-0.15, -0.1) is 0 Å². The van der Waals surface area contributed by atoms with Crippen LogP contribution in [0.15, 0.2) is 40.9 Å². The number of carbonyl (C=O) groups excluding carboxylic acids is 1. The highest BCUT2D eigenvalue weighted by atomic mass is 79.9. The van der Waals surface area contributed by atoms with Gasteiger partial charge in [-0.3, -0.25) is 4.79 Å². The van der Waals surface area contributed by atoms with E-state index in [4.69, 9.17) is 29.6 Å². The lowest BCUT2D eigenvalue weighted by atomic mass is 10.1. The first-order valence-electron chi connectivity index (χ1n) is 5.75. The van der Waals surface area contributed by atoms with Crippen LogP contribution in [-0.4, -0.2) is 10.9 Å². The van der Waals surface area contributed by atoms with Crippen LogP contribution in [-0.2, 0) is 0 Å². The molecule has 0 saturated carbocycles. The number of amides is 1. The fraction of sp³-hybridized carbons (Fsp3) is 0. The number of benzene rings is 2. The van der Waals surface area contributed by atoms with Crippen LogP contribution in [0.3, 0.4) is 0 Å². The molecule has 0 aliphatic heterocycles. The van der Waals surface area contributed by atoms with E-state index >= 15 is 0 Å². The SMILES string of the molecule is NC(=S)c1ccc(Br)cc1NC(=O)c1cccc(F)c1Cl. The standard InChI is InChI=1S/C14H9BrClFN2OS/c15-7-4-5-8(13(18)21)11(6-7)19-14(20)9-2-1-3-10(17)12(9)16/h1-6H,(H2,18,21)(H,19,20).